The van der Waals surface area contributed by atoms with Crippen LogP contribution in [0.4, 0.5) is 0 Å². The summed E-state index contributed by atoms with van der Waals surface area (Å²) in [4.78, 5) is 14.0. The SMILES string of the molecule is NC12CCC1CN(C(=O)C1CCC1)C2. The minimum atomic E-state index is -0.000588. The van der Waals surface area contributed by atoms with E-state index in [1.807, 2.05) is 4.90 Å². The molecule has 2 N–H and O–H groups in total. The zero-order valence-electron chi connectivity index (χ0n) is 8.54. The molecule has 2 aliphatic carbocycles. The largest absolute Gasteiger partial charge is 0.340 e. The number of carbonyl (C=O) groups excluding carboxylic acids is 1. The van der Waals surface area contributed by atoms with Crippen molar-refractivity contribution in [1.29, 1.82) is 0 Å². The van der Waals surface area contributed by atoms with Crippen LogP contribution < -0.4 is 5.73 Å². The molecule has 1 heterocycles. The topological polar surface area (TPSA) is 46.3 Å². The molecular weight excluding hydrogens is 176 g/mol. The Balaban J connectivity index is 1.67. The number of fused-ring (bicyclic) bond motifs is 1. The van der Waals surface area contributed by atoms with E-state index in [0.717, 1.165) is 32.4 Å². The molecule has 78 valence electrons. The quantitative estimate of drug-likeness (QED) is 0.669. The third-order valence-electron chi connectivity index (χ3n) is 4.46. The number of likely N-dealkylation sites (tertiary alicyclic amines) is 1. The number of hydrogen-bond acceptors (Lipinski definition) is 2. The average Bonchev–Trinajstić information content (AvgIpc) is 2.26. The predicted octanol–water partition coefficient (Wildman–Crippen LogP) is 0.736. The van der Waals surface area contributed by atoms with Crippen molar-refractivity contribution in [3.05, 3.63) is 0 Å². The highest BCUT2D eigenvalue weighted by atomic mass is 16.2. The highest BCUT2D eigenvalue weighted by Crippen LogP contribution is 2.43. The second-order valence-electron chi connectivity index (χ2n) is 5.32. The minimum absolute atomic E-state index is 0.000588. The first-order chi connectivity index (χ1) is 6.69. The second-order valence-corrected chi connectivity index (χ2v) is 5.32. The van der Waals surface area contributed by atoms with Crippen LogP contribution in [0.3, 0.4) is 0 Å². The van der Waals surface area contributed by atoms with Gasteiger partial charge in [0.1, 0.15) is 0 Å². The molecule has 0 radical (unpaired) electrons. The van der Waals surface area contributed by atoms with E-state index in [-0.39, 0.29) is 5.54 Å². The van der Waals surface area contributed by atoms with Crippen LogP contribution in [0.15, 0.2) is 0 Å². The number of rotatable bonds is 1. The maximum Gasteiger partial charge on any atom is 0.225 e. The van der Waals surface area contributed by atoms with E-state index in [4.69, 9.17) is 5.73 Å². The van der Waals surface area contributed by atoms with Gasteiger partial charge in [-0.1, -0.05) is 6.42 Å². The molecule has 2 atom stereocenters. The van der Waals surface area contributed by atoms with Crippen LogP contribution in [0.2, 0.25) is 0 Å². The average molecular weight is 194 g/mol. The van der Waals surface area contributed by atoms with Gasteiger partial charge in [-0.15, -0.1) is 0 Å². The van der Waals surface area contributed by atoms with Gasteiger partial charge in [0, 0.05) is 24.5 Å². The standard InChI is InChI=1S/C11H18N2O/c12-11-5-4-9(11)6-13(7-11)10(14)8-2-1-3-8/h8-9H,1-7,12H2. The van der Waals surface area contributed by atoms with E-state index in [1.54, 1.807) is 0 Å². The van der Waals surface area contributed by atoms with Crippen molar-refractivity contribution in [2.75, 3.05) is 13.1 Å². The van der Waals surface area contributed by atoms with Gasteiger partial charge in [-0.3, -0.25) is 4.79 Å². The fourth-order valence-electron chi connectivity index (χ4n) is 2.97. The third-order valence-corrected chi connectivity index (χ3v) is 4.46. The van der Waals surface area contributed by atoms with E-state index in [2.05, 4.69) is 0 Å². The lowest BCUT2D eigenvalue weighted by Crippen LogP contribution is -2.55. The van der Waals surface area contributed by atoms with Gasteiger partial charge < -0.3 is 10.6 Å². The summed E-state index contributed by atoms with van der Waals surface area (Å²) in [7, 11) is 0. The van der Waals surface area contributed by atoms with Crippen LogP contribution in [0.25, 0.3) is 0 Å². The molecule has 0 spiro atoms. The monoisotopic (exact) mass is 194 g/mol. The van der Waals surface area contributed by atoms with Crippen LogP contribution in [-0.4, -0.2) is 29.4 Å². The van der Waals surface area contributed by atoms with Gasteiger partial charge in [0.2, 0.25) is 5.91 Å². The van der Waals surface area contributed by atoms with E-state index in [9.17, 15) is 4.79 Å². The third kappa shape index (κ3) is 1.05. The number of carbonyl (C=O) groups is 1. The Morgan fingerprint density at radius 2 is 2.14 bits per heavy atom. The van der Waals surface area contributed by atoms with E-state index >= 15 is 0 Å². The summed E-state index contributed by atoms with van der Waals surface area (Å²) in [6.45, 7) is 1.76. The van der Waals surface area contributed by atoms with Crippen LogP contribution in [0.5, 0.6) is 0 Å². The van der Waals surface area contributed by atoms with Crippen molar-refractivity contribution in [2.45, 2.75) is 37.6 Å². The lowest BCUT2D eigenvalue weighted by molar-refractivity contribution is -0.137. The molecule has 14 heavy (non-hydrogen) atoms. The Labute approximate surface area is 84.6 Å². The van der Waals surface area contributed by atoms with Gasteiger partial charge in [-0.2, -0.15) is 0 Å². The summed E-state index contributed by atoms with van der Waals surface area (Å²) in [5.41, 5.74) is 6.20. The summed E-state index contributed by atoms with van der Waals surface area (Å²) in [5, 5.41) is 0. The molecule has 3 aliphatic rings. The lowest BCUT2D eigenvalue weighted by Gasteiger charge is -2.40. The summed E-state index contributed by atoms with van der Waals surface area (Å²) in [6.07, 6.45) is 5.80. The van der Waals surface area contributed by atoms with E-state index < -0.39 is 0 Å². The smallest absolute Gasteiger partial charge is 0.225 e. The van der Waals surface area contributed by atoms with Crippen LogP contribution in [0.1, 0.15) is 32.1 Å². The molecule has 0 aromatic rings. The fraction of sp³-hybridized carbons (Fsp3) is 0.909. The molecule has 0 aromatic carbocycles. The molecule has 3 nitrogen and oxygen atoms in total. The minimum Gasteiger partial charge on any atom is -0.340 e. The molecule has 2 saturated carbocycles. The summed E-state index contributed by atoms with van der Waals surface area (Å²) in [5.74, 6) is 1.33. The fourth-order valence-corrected chi connectivity index (χ4v) is 2.97. The molecule has 1 aliphatic heterocycles. The van der Waals surface area contributed by atoms with Crippen molar-refractivity contribution < 1.29 is 4.79 Å². The van der Waals surface area contributed by atoms with Gasteiger partial charge in [0.25, 0.3) is 0 Å². The van der Waals surface area contributed by atoms with Gasteiger partial charge in [0.15, 0.2) is 0 Å². The van der Waals surface area contributed by atoms with Gasteiger partial charge in [-0.05, 0) is 31.6 Å². The number of nitrogens with zero attached hydrogens (tertiary/aromatic N) is 1. The Bertz CT molecular complexity index is 274. The number of hydrogen-bond donors (Lipinski definition) is 1. The highest BCUT2D eigenvalue weighted by Gasteiger charge is 2.52. The van der Waals surface area contributed by atoms with Crippen molar-refractivity contribution in [2.24, 2.45) is 17.6 Å². The zero-order valence-corrected chi connectivity index (χ0v) is 8.54. The van der Waals surface area contributed by atoms with E-state index in [1.165, 1.54) is 12.8 Å². The Kier molecular flexibility index (Phi) is 1.69. The highest BCUT2D eigenvalue weighted by molar-refractivity contribution is 5.80. The predicted molar refractivity (Wildman–Crippen MR) is 53.6 cm³/mol. The second kappa shape index (κ2) is 2.72. The normalized spacial score (nSPS) is 41.5. The summed E-state index contributed by atoms with van der Waals surface area (Å²) in [6, 6.07) is 0. The maximum absolute atomic E-state index is 12.0. The summed E-state index contributed by atoms with van der Waals surface area (Å²) >= 11 is 0. The zero-order chi connectivity index (χ0) is 9.76. The maximum atomic E-state index is 12.0. The Morgan fingerprint density at radius 3 is 2.50 bits per heavy atom. The first kappa shape index (κ1) is 8.72. The molecule has 2 unspecified atom stereocenters. The van der Waals surface area contributed by atoms with Gasteiger partial charge in [0.05, 0.1) is 0 Å². The molecular formula is C11H18N2O. The Hall–Kier alpha value is -0.570. The molecule has 3 fully saturated rings. The molecule has 3 heteroatoms. The van der Waals surface area contributed by atoms with Crippen molar-refractivity contribution in [1.82, 2.24) is 4.90 Å². The van der Waals surface area contributed by atoms with Crippen molar-refractivity contribution in [3.8, 4) is 0 Å². The molecule has 0 bridgehead atoms. The lowest BCUT2D eigenvalue weighted by atomic mass is 9.70. The number of amides is 1. The number of nitrogens with two attached hydrogens (primary N) is 1. The van der Waals surface area contributed by atoms with Crippen molar-refractivity contribution in [3.63, 3.8) is 0 Å². The van der Waals surface area contributed by atoms with E-state index in [0.29, 0.717) is 17.7 Å². The summed E-state index contributed by atoms with van der Waals surface area (Å²) < 4.78 is 0. The van der Waals surface area contributed by atoms with Crippen LogP contribution >= 0.6 is 0 Å². The Morgan fingerprint density at radius 1 is 1.36 bits per heavy atom. The molecule has 1 amide bonds. The van der Waals surface area contributed by atoms with Crippen molar-refractivity contribution >= 4 is 5.91 Å². The molecule has 1 saturated heterocycles. The van der Waals surface area contributed by atoms with Gasteiger partial charge >= 0.3 is 0 Å². The van der Waals surface area contributed by atoms with Crippen LogP contribution in [0, 0.1) is 11.8 Å². The first-order valence-electron chi connectivity index (χ1n) is 5.77. The molecule has 0 aromatic heterocycles. The molecule has 3 rings (SSSR count). The van der Waals surface area contributed by atoms with Gasteiger partial charge in [-0.25, -0.2) is 0 Å². The first-order valence-corrected chi connectivity index (χ1v) is 5.77. The van der Waals surface area contributed by atoms with Crippen LogP contribution in [-0.2, 0) is 4.79 Å².